The fourth-order valence-electron chi connectivity index (χ4n) is 4.97. The van der Waals surface area contributed by atoms with Gasteiger partial charge in [-0.2, -0.15) is 0 Å². The Hall–Kier alpha value is -2.29. The van der Waals surface area contributed by atoms with E-state index in [2.05, 4.69) is 86.0 Å². The Balaban J connectivity index is 2.51. The molecule has 2 nitrogen and oxygen atoms in total. The summed E-state index contributed by atoms with van der Waals surface area (Å²) in [7, 11) is 2.20. The van der Waals surface area contributed by atoms with Crippen LogP contribution in [0.2, 0.25) is 0 Å². The van der Waals surface area contributed by atoms with Crippen LogP contribution in [0, 0.1) is 27.7 Å². The predicted octanol–water partition coefficient (Wildman–Crippen LogP) is 5.64. The number of nitrogens with zero attached hydrogens (tertiary/aromatic N) is 2. The molecular weight excluding hydrogens is 339 g/mol. The Morgan fingerprint density at radius 3 is 2.04 bits per heavy atom. The molecule has 0 bridgehead atoms. The van der Waals surface area contributed by atoms with Crippen LogP contribution < -0.4 is 0 Å². The zero-order valence-electron chi connectivity index (χ0n) is 19.0. The van der Waals surface area contributed by atoms with Crippen molar-refractivity contribution in [3.05, 3.63) is 74.2 Å². The number of aliphatic imine (C=N–C) groups is 1. The summed E-state index contributed by atoms with van der Waals surface area (Å²) in [4.78, 5) is 5.11. The van der Waals surface area contributed by atoms with Crippen molar-refractivity contribution in [3.63, 3.8) is 0 Å². The molecule has 0 N–H and O–H groups in total. The zero-order chi connectivity index (χ0) is 20.7. The summed E-state index contributed by atoms with van der Waals surface area (Å²) < 4.78 is 2.38. The Kier molecular flexibility index (Phi) is 5.56. The van der Waals surface area contributed by atoms with Gasteiger partial charge in [0.2, 0.25) is 7.98 Å². The summed E-state index contributed by atoms with van der Waals surface area (Å²) in [6, 6.07) is 6.60. The van der Waals surface area contributed by atoms with Crippen LogP contribution in [-0.4, -0.2) is 18.2 Å². The molecule has 2 aromatic rings. The molecule has 0 saturated heterocycles. The van der Waals surface area contributed by atoms with Crippen LogP contribution in [0.25, 0.3) is 5.57 Å². The summed E-state index contributed by atoms with van der Waals surface area (Å²) in [5.41, 5.74) is 15.8. The van der Waals surface area contributed by atoms with E-state index in [1.165, 1.54) is 55.9 Å². The monoisotopic (exact) mass is 372 g/mol. The van der Waals surface area contributed by atoms with Gasteiger partial charge in [-0.3, -0.25) is 4.99 Å². The lowest BCUT2D eigenvalue weighted by Gasteiger charge is -2.19. The smallest absolute Gasteiger partial charge is 0.223 e. The van der Waals surface area contributed by atoms with Gasteiger partial charge in [0, 0.05) is 22.7 Å². The third kappa shape index (κ3) is 3.01. The van der Waals surface area contributed by atoms with Crippen molar-refractivity contribution >= 4 is 19.3 Å². The normalized spacial score (nSPS) is 16.1. The van der Waals surface area contributed by atoms with Crippen molar-refractivity contribution in [2.24, 2.45) is 4.99 Å². The van der Waals surface area contributed by atoms with Crippen molar-refractivity contribution in [1.82, 2.24) is 4.48 Å². The molecule has 0 saturated carbocycles. The van der Waals surface area contributed by atoms with Crippen molar-refractivity contribution < 1.29 is 0 Å². The van der Waals surface area contributed by atoms with E-state index in [1.807, 2.05) is 0 Å². The minimum atomic E-state index is 1.02. The second-order valence-electron chi connectivity index (χ2n) is 8.09. The lowest BCUT2D eigenvalue weighted by molar-refractivity contribution is 1.05. The van der Waals surface area contributed by atoms with Gasteiger partial charge in [0.25, 0.3) is 0 Å². The lowest BCUT2D eigenvalue weighted by atomic mass is 9.88. The van der Waals surface area contributed by atoms with Gasteiger partial charge in [-0.25, -0.2) is 0 Å². The van der Waals surface area contributed by atoms with E-state index in [4.69, 9.17) is 4.99 Å². The molecule has 1 aromatic carbocycles. The Morgan fingerprint density at radius 1 is 0.964 bits per heavy atom. The summed E-state index contributed by atoms with van der Waals surface area (Å²) >= 11 is 0. The minimum Gasteiger partial charge on any atom is -0.396 e. The van der Waals surface area contributed by atoms with Crippen LogP contribution in [0.15, 0.2) is 40.0 Å². The molecule has 0 atom stereocenters. The molecular formula is C25H33BN2. The molecule has 0 aliphatic carbocycles. The number of benzene rings is 1. The molecule has 1 aliphatic rings. The molecule has 0 amide bonds. The molecule has 146 valence electrons. The Morgan fingerprint density at radius 2 is 1.57 bits per heavy atom. The number of allylic oxidation sites excluding steroid dienone is 2. The maximum atomic E-state index is 5.11. The number of hydrogen-bond donors (Lipinski definition) is 0. The first-order valence-corrected chi connectivity index (χ1v) is 10.5. The molecule has 0 radical (unpaired) electrons. The second-order valence-corrected chi connectivity index (χ2v) is 8.09. The molecule has 28 heavy (non-hydrogen) atoms. The van der Waals surface area contributed by atoms with Crippen molar-refractivity contribution in [2.45, 2.75) is 68.2 Å². The zero-order valence-corrected chi connectivity index (χ0v) is 19.0. The van der Waals surface area contributed by atoms with Gasteiger partial charge in [0.05, 0.1) is 5.70 Å². The first kappa shape index (κ1) is 20.4. The average molecular weight is 372 g/mol. The number of aryl methyl sites for hydroxylation is 2. The van der Waals surface area contributed by atoms with E-state index >= 15 is 0 Å². The standard InChI is InChI=1S/C25H33BN2/c1-9-20-16(5)24(27-18(20)7)23(22-14(3)12-11-13-15(22)4)25-17(6)21(10-2)19(8)28(25)26/h11-13H,9-10,26H2,1-8H3/b24-23-. The van der Waals surface area contributed by atoms with Crippen LogP contribution in [0.4, 0.5) is 0 Å². The molecule has 0 unspecified atom stereocenters. The van der Waals surface area contributed by atoms with E-state index in [0.717, 1.165) is 24.3 Å². The highest BCUT2D eigenvalue weighted by atomic mass is 14.9. The summed E-state index contributed by atoms with van der Waals surface area (Å²) in [6.45, 7) is 17.8. The number of hydrogen-bond acceptors (Lipinski definition) is 1. The summed E-state index contributed by atoms with van der Waals surface area (Å²) in [5.74, 6) is 0. The van der Waals surface area contributed by atoms with Gasteiger partial charge < -0.3 is 4.48 Å². The quantitative estimate of drug-likeness (QED) is 0.618. The van der Waals surface area contributed by atoms with Crippen molar-refractivity contribution in [1.29, 1.82) is 0 Å². The van der Waals surface area contributed by atoms with E-state index in [9.17, 15) is 0 Å². The van der Waals surface area contributed by atoms with Crippen LogP contribution in [-0.2, 0) is 6.42 Å². The lowest BCUT2D eigenvalue weighted by Crippen LogP contribution is -2.07. The van der Waals surface area contributed by atoms with E-state index < -0.39 is 0 Å². The molecule has 0 fully saturated rings. The van der Waals surface area contributed by atoms with E-state index in [-0.39, 0.29) is 0 Å². The third-order valence-electron chi connectivity index (χ3n) is 6.52. The maximum Gasteiger partial charge on any atom is 0.223 e. The summed E-state index contributed by atoms with van der Waals surface area (Å²) in [5, 5.41) is 0. The van der Waals surface area contributed by atoms with E-state index in [0.29, 0.717) is 0 Å². The van der Waals surface area contributed by atoms with Gasteiger partial charge >= 0.3 is 0 Å². The highest BCUT2D eigenvalue weighted by Crippen LogP contribution is 2.41. The molecule has 3 heteroatoms. The van der Waals surface area contributed by atoms with Gasteiger partial charge in [-0.1, -0.05) is 32.0 Å². The first-order chi connectivity index (χ1) is 13.2. The van der Waals surface area contributed by atoms with Gasteiger partial charge in [0.1, 0.15) is 0 Å². The van der Waals surface area contributed by atoms with Gasteiger partial charge in [-0.05, 0) is 93.3 Å². The topological polar surface area (TPSA) is 17.3 Å². The highest BCUT2D eigenvalue weighted by Gasteiger charge is 2.27. The third-order valence-corrected chi connectivity index (χ3v) is 6.52. The maximum absolute atomic E-state index is 5.11. The van der Waals surface area contributed by atoms with Crippen molar-refractivity contribution in [3.8, 4) is 0 Å². The van der Waals surface area contributed by atoms with Crippen LogP contribution in [0.3, 0.4) is 0 Å². The minimum absolute atomic E-state index is 1.02. The van der Waals surface area contributed by atoms with Crippen LogP contribution in [0.5, 0.6) is 0 Å². The second kappa shape index (κ2) is 7.62. The molecule has 2 heterocycles. The molecule has 1 aliphatic heterocycles. The Labute approximate surface area is 171 Å². The van der Waals surface area contributed by atoms with Crippen molar-refractivity contribution in [2.75, 3.05) is 0 Å². The molecule has 1 aromatic heterocycles. The van der Waals surface area contributed by atoms with Gasteiger partial charge in [0.15, 0.2) is 0 Å². The SMILES string of the molecule is Bn1c(C)c(CC)c(C)c1/C(=C1\N=C(C)C(CC)=C1C)c1c(C)cccc1C. The largest absolute Gasteiger partial charge is 0.396 e. The van der Waals surface area contributed by atoms with Crippen LogP contribution >= 0.6 is 0 Å². The van der Waals surface area contributed by atoms with E-state index in [1.54, 1.807) is 0 Å². The molecule has 0 spiro atoms. The predicted molar refractivity (Wildman–Crippen MR) is 125 cm³/mol. The Bertz CT molecular complexity index is 1020. The highest BCUT2D eigenvalue weighted by molar-refractivity contribution is 6.11. The summed E-state index contributed by atoms with van der Waals surface area (Å²) in [6.07, 6.45) is 2.08. The van der Waals surface area contributed by atoms with Gasteiger partial charge in [-0.15, -0.1) is 0 Å². The van der Waals surface area contributed by atoms with Crippen LogP contribution in [0.1, 0.15) is 73.3 Å². The first-order valence-electron chi connectivity index (χ1n) is 10.5. The fraction of sp³-hybridized carbons (Fsp3) is 0.400. The fourth-order valence-corrected chi connectivity index (χ4v) is 4.97. The number of rotatable bonds is 4. The molecule has 3 rings (SSSR count). The average Bonchev–Trinajstić information content (AvgIpc) is 3.04. The number of aromatic nitrogens is 1.